The number of aliphatic hydroxyl groups excluding tert-OH is 1. The third-order valence-corrected chi connectivity index (χ3v) is 2.80. The summed E-state index contributed by atoms with van der Waals surface area (Å²) in [5, 5.41) is 26.4. The van der Waals surface area contributed by atoms with Crippen molar-refractivity contribution in [2.45, 2.75) is 25.6 Å². The number of aliphatic carboxylic acids is 1. The Morgan fingerprint density at radius 2 is 2.24 bits per heavy atom. The van der Waals surface area contributed by atoms with E-state index in [4.69, 9.17) is 10.2 Å². The Labute approximate surface area is 102 Å². The molecule has 0 saturated heterocycles. The lowest BCUT2D eigenvalue weighted by atomic mass is 10.2. The highest BCUT2D eigenvalue weighted by Gasteiger charge is 2.24. The van der Waals surface area contributed by atoms with E-state index in [-0.39, 0.29) is 0 Å². The number of carbonyl (C=O) groups is 2. The van der Waals surface area contributed by atoms with E-state index in [2.05, 4.69) is 10.6 Å². The molecule has 1 aromatic rings. The predicted molar refractivity (Wildman–Crippen MR) is 62.8 cm³/mol. The summed E-state index contributed by atoms with van der Waals surface area (Å²) in [4.78, 5) is 22.1. The lowest BCUT2D eigenvalue weighted by molar-refractivity contribution is -0.141. The van der Waals surface area contributed by atoms with Crippen LogP contribution in [-0.4, -0.2) is 34.4 Å². The van der Waals surface area contributed by atoms with E-state index < -0.39 is 24.1 Å². The third-order valence-electron chi connectivity index (χ3n) is 2.07. The highest BCUT2D eigenvalue weighted by atomic mass is 32.1. The van der Waals surface area contributed by atoms with Crippen LogP contribution in [-0.2, 0) is 11.3 Å². The average molecular weight is 258 g/mol. The maximum absolute atomic E-state index is 11.4. The topological polar surface area (TPSA) is 98.7 Å². The summed E-state index contributed by atoms with van der Waals surface area (Å²) in [7, 11) is 0. The Balaban J connectivity index is 2.40. The Morgan fingerprint density at radius 1 is 1.53 bits per heavy atom. The minimum absolute atomic E-state index is 0.321. The van der Waals surface area contributed by atoms with Crippen LogP contribution < -0.4 is 10.6 Å². The fourth-order valence-corrected chi connectivity index (χ4v) is 1.83. The summed E-state index contributed by atoms with van der Waals surface area (Å²) < 4.78 is 0. The van der Waals surface area contributed by atoms with Crippen molar-refractivity contribution in [3.63, 3.8) is 0 Å². The molecular weight excluding hydrogens is 244 g/mol. The second-order valence-electron chi connectivity index (χ2n) is 3.52. The van der Waals surface area contributed by atoms with Gasteiger partial charge in [0.05, 0.1) is 6.10 Å². The Hall–Kier alpha value is -1.60. The van der Waals surface area contributed by atoms with Gasteiger partial charge in [-0.05, 0) is 29.3 Å². The van der Waals surface area contributed by atoms with Crippen molar-refractivity contribution in [1.29, 1.82) is 0 Å². The van der Waals surface area contributed by atoms with Gasteiger partial charge in [0, 0.05) is 6.54 Å². The number of rotatable bonds is 5. The van der Waals surface area contributed by atoms with Gasteiger partial charge in [0.15, 0.2) is 6.04 Å². The molecule has 6 nitrogen and oxygen atoms in total. The number of carboxylic acids is 1. The van der Waals surface area contributed by atoms with Gasteiger partial charge in [0.1, 0.15) is 0 Å². The Kier molecular flexibility index (Phi) is 4.92. The van der Waals surface area contributed by atoms with Gasteiger partial charge in [-0.15, -0.1) is 0 Å². The average Bonchev–Trinajstić information content (AvgIpc) is 2.74. The molecule has 1 aromatic heterocycles. The van der Waals surface area contributed by atoms with Crippen molar-refractivity contribution in [2.75, 3.05) is 0 Å². The standard InChI is InChI=1S/C10H14N2O4S/c1-6(13)8(9(14)15)12-10(16)11-4-7-2-3-17-5-7/h2-3,5-6,8,13H,4H2,1H3,(H,14,15)(H2,11,12,16). The molecule has 94 valence electrons. The van der Waals surface area contributed by atoms with Crippen molar-refractivity contribution in [2.24, 2.45) is 0 Å². The Bertz CT molecular complexity index is 378. The lowest BCUT2D eigenvalue weighted by Gasteiger charge is -2.17. The lowest BCUT2D eigenvalue weighted by Crippen LogP contribution is -2.50. The van der Waals surface area contributed by atoms with Gasteiger partial charge in [-0.25, -0.2) is 9.59 Å². The van der Waals surface area contributed by atoms with Crippen molar-refractivity contribution in [1.82, 2.24) is 10.6 Å². The van der Waals surface area contributed by atoms with Gasteiger partial charge in [0.25, 0.3) is 0 Å². The summed E-state index contributed by atoms with van der Waals surface area (Å²) in [5.74, 6) is -1.27. The van der Waals surface area contributed by atoms with E-state index in [0.29, 0.717) is 6.54 Å². The minimum atomic E-state index is -1.31. The molecule has 2 amide bonds. The predicted octanol–water partition coefficient (Wildman–Crippen LogP) is 0.381. The molecule has 0 spiro atoms. The second-order valence-corrected chi connectivity index (χ2v) is 4.30. The van der Waals surface area contributed by atoms with Gasteiger partial charge in [-0.3, -0.25) is 0 Å². The number of amides is 2. The number of urea groups is 1. The van der Waals surface area contributed by atoms with Crippen LogP contribution in [0.1, 0.15) is 12.5 Å². The number of hydrogen-bond acceptors (Lipinski definition) is 4. The van der Waals surface area contributed by atoms with Crippen molar-refractivity contribution >= 4 is 23.3 Å². The summed E-state index contributed by atoms with van der Waals surface area (Å²) in [6.45, 7) is 1.62. The maximum atomic E-state index is 11.4. The van der Waals surface area contributed by atoms with E-state index in [0.717, 1.165) is 5.56 Å². The first-order valence-corrected chi connectivity index (χ1v) is 5.91. The van der Waals surface area contributed by atoms with E-state index in [1.54, 1.807) is 0 Å². The SMILES string of the molecule is CC(O)C(NC(=O)NCc1ccsc1)C(=O)O. The summed E-state index contributed by atoms with van der Waals surface area (Å²) in [6, 6.07) is -0.0733. The molecule has 0 aromatic carbocycles. The molecule has 17 heavy (non-hydrogen) atoms. The molecule has 0 aliphatic rings. The highest BCUT2D eigenvalue weighted by Crippen LogP contribution is 2.04. The number of carbonyl (C=O) groups excluding carboxylic acids is 1. The summed E-state index contributed by atoms with van der Waals surface area (Å²) in [5.41, 5.74) is 0.939. The van der Waals surface area contributed by atoms with Crippen LogP contribution in [0.2, 0.25) is 0 Å². The molecule has 4 N–H and O–H groups in total. The number of thiophene rings is 1. The van der Waals surface area contributed by atoms with Gasteiger partial charge >= 0.3 is 12.0 Å². The van der Waals surface area contributed by atoms with Crippen LogP contribution >= 0.6 is 11.3 Å². The van der Waals surface area contributed by atoms with Crippen molar-refractivity contribution in [3.05, 3.63) is 22.4 Å². The smallest absolute Gasteiger partial charge is 0.328 e. The van der Waals surface area contributed by atoms with Crippen LogP contribution in [0.25, 0.3) is 0 Å². The molecule has 0 aliphatic carbocycles. The molecule has 2 atom stereocenters. The second kappa shape index (κ2) is 6.21. The molecule has 7 heteroatoms. The van der Waals surface area contributed by atoms with Gasteiger partial charge in [0.2, 0.25) is 0 Å². The monoisotopic (exact) mass is 258 g/mol. The fraction of sp³-hybridized carbons (Fsp3) is 0.400. The molecule has 0 bridgehead atoms. The first-order valence-electron chi connectivity index (χ1n) is 4.97. The van der Waals surface area contributed by atoms with Crippen LogP contribution in [0.15, 0.2) is 16.8 Å². The quantitative estimate of drug-likeness (QED) is 0.613. The number of aliphatic hydroxyl groups is 1. The molecule has 0 radical (unpaired) electrons. The van der Waals surface area contributed by atoms with Gasteiger partial charge in [-0.1, -0.05) is 0 Å². The maximum Gasteiger partial charge on any atom is 0.328 e. The van der Waals surface area contributed by atoms with E-state index in [9.17, 15) is 9.59 Å². The molecule has 0 fully saturated rings. The number of nitrogens with one attached hydrogen (secondary N) is 2. The molecular formula is C10H14N2O4S. The molecule has 0 aliphatic heterocycles. The van der Waals surface area contributed by atoms with Crippen LogP contribution in [0.4, 0.5) is 4.79 Å². The normalized spacial score (nSPS) is 13.8. The zero-order chi connectivity index (χ0) is 12.8. The Morgan fingerprint density at radius 3 is 2.71 bits per heavy atom. The summed E-state index contributed by atoms with van der Waals surface area (Å²) in [6.07, 6.45) is -1.15. The van der Waals surface area contributed by atoms with Crippen LogP contribution in [0.3, 0.4) is 0 Å². The van der Waals surface area contributed by atoms with Crippen molar-refractivity contribution < 1.29 is 19.8 Å². The minimum Gasteiger partial charge on any atom is -0.480 e. The van der Waals surface area contributed by atoms with E-state index in [1.165, 1.54) is 18.3 Å². The number of hydrogen-bond donors (Lipinski definition) is 4. The molecule has 0 saturated carbocycles. The zero-order valence-corrected chi connectivity index (χ0v) is 10.0. The molecule has 1 heterocycles. The van der Waals surface area contributed by atoms with Crippen LogP contribution in [0, 0.1) is 0 Å². The molecule has 1 rings (SSSR count). The van der Waals surface area contributed by atoms with Gasteiger partial charge in [-0.2, -0.15) is 11.3 Å². The van der Waals surface area contributed by atoms with Crippen LogP contribution in [0.5, 0.6) is 0 Å². The molecule has 2 unspecified atom stereocenters. The highest BCUT2D eigenvalue weighted by molar-refractivity contribution is 7.07. The largest absolute Gasteiger partial charge is 0.480 e. The van der Waals surface area contributed by atoms with E-state index >= 15 is 0 Å². The first-order chi connectivity index (χ1) is 8.00. The number of carboxylic acid groups (broad SMARTS) is 1. The fourth-order valence-electron chi connectivity index (χ4n) is 1.16. The van der Waals surface area contributed by atoms with E-state index in [1.807, 2.05) is 16.8 Å². The first kappa shape index (κ1) is 13.5. The van der Waals surface area contributed by atoms with Gasteiger partial charge < -0.3 is 20.8 Å². The third kappa shape index (κ3) is 4.41. The summed E-state index contributed by atoms with van der Waals surface area (Å²) >= 11 is 1.51. The van der Waals surface area contributed by atoms with Crippen molar-refractivity contribution in [3.8, 4) is 0 Å². The zero-order valence-electron chi connectivity index (χ0n) is 9.21.